The van der Waals surface area contributed by atoms with E-state index in [1.54, 1.807) is 0 Å². The van der Waals surface area contributed by atoms with Gasteiger partial charge in [-0.05, 0) is 0 Å². The number of hydrogen-bond donors (Lipinski definition) is 2. The van der Waals surface area contributed by atoms with Crippen molar-refractivity contribution in [1.29, 1.82) is 0 Å². The van der Waals surface area contributed by atoms with E-state index in [-0.39, 0.29) is 6.10 Å². The first-order chi connectivity index (χ1) is 4.34. The van der Waals surface area contributed by atoms with Crippen molar-refractivity contribution >= 4 is 0 Å². The van der Waals surface area contributed by atoms with Crippen molar-refractivity contribution in [2.75, 3.05) is 13.2 Å². The van der Waals surface area contributed by atoms with Crippen LogP contribution in [0.3, 0.4) is 0 Å². The summed E-state index contributed by atoms with van der Waals surface area (Å²) in [5, 5.41) is 9.04. The smallest absolute Gasteiger partial charge is 0.109 e. The molecular weight excluding hydrogens is 122 g/mol. The van der Waals surface area contributed by atoms with Crippen molar-refractivity contribution in [3.8, 4) is 0 Å². The first kappa shape index (κ1) is 6.95. The van der Waals surface area contributed by atoms with Crippen LogP contribution >= 0.6 is 0 Å². The third kappa shape index (κ3) is 1.62. The maximum Gasteiger partial charge on any atom is 0.109 e. The molecule has 1 heterocycles. The van der Waals surface area contributed by atoms with Gasteiger partial charge in [0.2, 0.25) is 0 Å². The highest BCUT2D eigenvalue weighted by molar-refractivity contribution is 4.71. The predicted molar refractivity (Wildman–Crippen MR) is 30.5 cm³/mol. The first-order valence-electron chi connectivity index (χ1n) is 2.96. The predicted octanol–water partition coefficient (Wildman–Crippen LogP) is -0.974. The molecule has 0 saturated carbocycles. The van der Waals surface area contributed by atoms with E-state index in [2.05, 4.69) is 4.84 Å². The molecule has 4 heteroatoms. The summed E-state index contributed by atoms with van der Waals surface area (Å²) in [5.74, 6) is 4.88. The highest BCUT2D eigenvalue weighted by Gasteiger charge is 2.23. The minimum absolute atomic E-state index is 0.237. The highest BCUT2D eigenvalue weighted by atomic mass is 16.6. The number of aliphatic hydroxyl groups excluding tert-OH is 1. The highest BCUT2D eigenvalue weighted by Crippen LogP contribution is 2.08. The van der Waals surface area contributed by atoms with E-state index in [0.717, 1.165) is 0 Å². The fourth-order valence-corrected chi connectivity index (χ4v) is 0.862. The van der Waals surface area contributed by atoms with Gasteiger partial charge in [0.15, 0.2) is 0 Å². The van der Waals surface area contributed by atoms with Crippen LogP contribution in [0.1, 0.15) is 6.42 Å². The maximum atomic E-state index is 9.04. The summed E-state index contributed by atoms with van der Waals surface area (Å²) < 4.78 is 4.93. The molecule has 1 rings (SSSR count). The fraction of sp³-hybridized carbons (Fsp3) is 1.00. The Kier molecular flexibility index (Phi) is 2.41. The SMILES string of the molecule is NOC1CCOCC1O. The third-order valence-corrected chi connectivity index (χ3v) is 1.44. The lowest BCUT2D eigenvalue weighted by molar-refractivity contribution is -0.115. The Morgan fingerprint density at radius 2 is 2.44 bits per heavy atom. The van der Waals surface area contributed by atoms with E-state index >= 15 is 0 Å². The van der Waals surface area contributed by atoms with E-state index in [0.29, 0.717) is 19.6 Å². The number of rotatable bonds is 1. The van der Waals surface area contributed by atoms with Gasteiger partial charge in [-0.2, -0.15) is 0 Å². The molecule has 3 N–H and O–H groups in total. The average molecular weight is 133 g/mol. The Morgan fingerprint density at radius 1 is 1.67 bits per heavy atom. The minimum Gasteiger partial charge on any atom is -0.388 e. The lowest BCUT2D eigenvalue weighted by Crippen LogP contribution is -2.39. The molecule has 0 bridgehead atoms. The monoisotopic (exact) mass is 133 g/mol. The second-order valence-corrected chi connectivity index (χ2v) is 2.11. The van der Waals surface area contributed by atoms with Gasteiger partial charge in [0.25, 0.3) is 0 Å². The van der Waals surface area contributed by atoms with Crippen LogP contribution in [0.25, 0.3) is 0 Å². The lowest BCUT2D eigenvalue weighted by Gasteiger charge is -2.25. The normalized spacial score (nSPS) is 36.7. The lowest BCUT2D eigenvalue weighted by atomic mass is 10.1. The van der Waals surface area contributed by atoms with Gasteiger partial charge in [0.05, 0.1) is 6.61 Å². The quantitative estimate of drug-likeness (QED) is 0.451. The van der Waals surface area contributed by atoms with Gasteiger partial charge in [-0.1, -0.05) is 0 Å². The molecule has 0 aliphatic carbocycles. The van der Waals surface area contributed by atoms with Crippen molar-refractivity contribution < 1.29 is 14.7 Å². The third-order valence-electron chi connectivity index (χ3n) is 1.44. The summed E-state index contributed by atoms with van der Waals surface area (Å²) in [7, 11) is 0. The number of ether oxygens (including phenoxy) is 1. The number of hydrogen-bond acceptors (Lipinski definition) is 4. The average Bonchev–Trinajstić information content (AvgIpc) is 1.89. The molecular formula is C5H11NO3. The molecule has 2 atom stereocenters. The van der Waals surface area contributed by atoms with Crippen molar-refractivity contribution in [3.63, 3.8) is 0 Å². The van der Waals surface area contributed by atoms with Crippen LogP contribution in [0, 0.1) is 0 Å². The zero-order valence-electron chi connectivity index (χ0n) is 5.12. The van der Waals surface area contributed by atoms with Gasteiger partial charge in [-0.3, -0.25) is 4.84 Å². The van der Waals surface area contributed by atoms with Crippen LogP contribution < -0.4 is 5.90 Å². The van der Waals surface area contributed by atoms with Crippen molar-refractivity contribution in [3.05, 3.63) is 0 Å². The van der Waals surface area contributed by atoms with Gasteiger partial charge in [0.1, 0.15) is 12.2 Å². The standard InChI is InChI=1S/C5H11NO3/c6-9-5-1-2-8-3-4(5)7/h4-5,7H,1-3,6H2. The van der Waals surface area contributed by atoms with Crippen molar-refractivity contribution in [1.82, 2.24) is 0 Å². The molecule has 0 aromatic carbocycles. The van der Waals surface area contributed by atoms with Gasteiger partial charge in [-0.15, -0.1) is 0 Å². The van der Waals surface area contributed by atoms with Gasteiger partial charge < -0.3 is 9.84 Å². The molecule has 4 nitrogen and oxygen atoms in total. The number of nitrogens with two attached hydrogens (primary N) is 1. The van der Waals surface area contributed by atoms with Crippen LogP contribution in [-0.2, 0) is 9.57 Å². The maximum absolute atomic E-state index is 9.04. The summed E-state index contributed by atoms with van der Waals surface area (Å²) in [6.07, 6.45) is -0.111. The second kappa shape index (κ2) is 3.12. The van der Waals surface area contributed by atoms with Crippen LogP contribution in [0.4, 0.5) is 0 Å². The zero-order chi connectivity index (χ0) is 6.69. The van der Waals surface area contributed by atoms with Crippen molar-refractivity contribution in [2.45, 2.75) is 18.6 Å². The summed E-state index contributed by atoms with van der Waals surface area (Å²) in [6, 6.07) is 0. The summed E-state index contributed by atoms with van der Waals surface area (Å²) in [5.41, 5.74) is 0. The van der Waals surface area contributed by atoms with Gasteiger partial charge in [0, 0.05) is 13.0 Å². The van der Waals surface area contributed by atoms with E-state index in [1.807, 2.05) is 0 Å². The molecule has 1 saturated heterocycles. The van der Waals surface area contributed by atoms with E-state index < -0.39 is 6.10 Å². The van der Waals surface area contributed by atoms with E-state index in [9.17, 15) is 0 Å². The number of aliphatic hydroxyl groups is 1. The fourth-order valence-electron chi connectivity index (χ4n) is 0.862. The molecule has 2 unspecified atom stereocenters. The Labute approximate surface area is 53.5 Å². The molecule has 0 radical (unpaired) electrons. The Morgan fingerprint density at radius 3 is 2.89 bits per heavy atom. The molecule has 1 fully saturated rings. The minimum atomic E-state index is -0.552. The zero-order valence-corrected chi connectivity index (χ0v) is 5.12. The molecule has 54 valence electrons. The molecule has 0 amide bonds. The summed E-state index contributed by atoms with van der Waals surface area (Å²) in [6.45, 7) is 0.959. The van der Waals surface area contributed by atoms with E-state index in [1.165, 1.54) is 0 Å². The molecule has 9 heavy (non-hydrogen) atoms. The largest absolute Gasteiger partial charge is 0.388 e. The summed E-state index contributed by atoms with van der Waals surface area (Å²) >= 11 is 0. The molecule has 1 aliphatic rings. The molecule has 0 aromatic rings. The van der Waals surface area contributed by atoms with Crippen LogP contribution in [-0.4, -0.2) is 30.5 Å². The Hall–Kier alpha value is -0.160. The van der Waals surface area contributed by atoms with Gasteiger partial charge in [-0.25, -0.2) is 5.90 Å². The van der Waals surface area contributed by atoms with E-state index in [4.69, 9.17) is 15.7 Å². The summed E-state index contributed by atoms with van der Waals surface area (Å²) in [4.78, 5) is 4.47. The van der Waals surface area contributed by atoms with Crippen LogP contribution in [0.15, 0.2) is 0 Å². The van der Waals surface area contributed by atoms with Crippen molar-refractivity contribution in [2.24, 2.45) is 5.90 Å². The molecule has 0 aromatic heterocycles. The van der Waals surface area contributed by atoms with Gasteiger partial charge >= 0.3 is 0 Å². The topological polar surface area (TPSA) is 64.7 Å². The first-order valence-corrected chi connectivity index (χ1v) is 2.96. The van der Waals surface area contributed by atoms with Crippen LogP contribution in [0.2, 0.25) is 0 Å². The molecule has 0 spiro atoms. The Balaban J connectivity index is 2.30. The second-order valence-electron chi connectivity index (χ2n) is 2.11. The molecule has 1 aliphatic heterocycles. The Bertz CT molecular complexity index is 88.3. The van der Waals surface area contributed by atoms with Crippen LogP contribution in [0.5, 0.6) is 0 Å².